The van der Waals surface area contributed by atoms with E-state index in [0.29, 0.717) is 6.04 Å². The van der Waals surface area contributed by atoms with Crippen molar-refractivity contribution in [1.29, 1.82) is 0 Å². The van der Waals surface area contributed by atoms with Crippen LogP contribution in [0.25, 0.3) is 11.1 Å². The smallest absolute Gasteiger partial charge is 0.0249 e. The molecule has 0 radical (unpaired) electrons. The van der Waals surface area contributed by atoms with Gasteiger partial charge in [0.25, 0.3) is 0 Å². The molecule has 1 saturated heterocycles. The van der Waals surface area contributed by atoms with Crippen LogP contribution in [0.3, 0.4) is 0 Å². The van der Waals surface area contributed by atoms with Gasteiger partial charge in [0.15, 0.2) is 0 Å². The molecule has 0 unspecified atom stereocenters. The Balaban J connectivity index is 1.56. The average Bonchev–Trinajstić information content (AvgIpc) is 2.56. The minimum Gasteiger partial charge on any atom is -0.310 e. The Bertz CT molecular complexity index is 584. The molecule has 1 fully saturated rings. The van der Waals surface area contributed by atoms with Crippen molar-refractivity contribution in [1.82, 2.24) is 5.32 Å². The molecule has 0 aliphatic carbocycles. The maximum atomic E-state index is 11.3. The van der Waals surface area contributed by atoms with Crippen molar-refractivity contribution in [2.24, 2.45) is 0 Å². The SMILES string of the molecule is O=S1CCC(NCc2ccc(-c3ccccc3)cc2)CC1. The van der Waals surface area contributed by atoms with E-state index in [1.54, 1.807) is 0 Å². The topological polar surface area (TPSA) is 29.1 Å². The third kappa shape index (κ3) is 4.02. The van der Waals surface area contributed by atoms with E-state index in [2.05, 4.69) is 53.8 Å². The summed E-state index contributed by atoms with van der Waals surface area (Å²) in [7, 11) is -0.573. The second-order valence-electron chi connectivity index (χ2n) is 5.57. The zero-order chi connectivity index (χ0) is 14.5. The average molecular weight is 299 g/mol. The first-order chi connectivity index (χ1) is 10.3. The fourth-order valence-corrected chi connectivity index (χ4v) is 4.00. The number of hydrogen-bond donors (Lipinski definition) is 1. The number of nitrogens with one attached hydrogen (secondary N) is 1. The number of hydrogen-bond acceptors (Lipinski definition) is 2. The molecule has 21 heavy (non-hydrogen) atoms. The Morgan fingerprint density at radius 1 is 0.905 bits per heavy atom. The van der Waals surface area contributed by atoms with Crippen molar-refractivity contribution in [3.05, 3.63) is 60.2 Å². The Morgan fingerprint density at radius 3 is 2.19 bits per heavy atom. The largest absolute Gasteiger partial charge is 0.310 e. The van der Waals surface area contributed by atoms with Crippen LogP contribution in [-0.4, -0.2) is 21.8 Å². The van der Waals surface area contributed by atoms with Gasteiger partial charge in [0, 0.05) is 34.9 Å². The molecule has 3 heteroatoms. The highest BCUT2D eigenvalue weighted by atomic mass is 32.2. The molecular weight excluding hydrogens is 278 g/mol. The zero-order valence-corrected chi connectivity index (χ0v) is 12.9. The molecule has 0 aromatic heterocycles. The summed E-state index contributed by atoms with van der Waals surface area (Å²) in [5.74, 6) is 1.70. The summed E-state index contributed by atoms with van der Waals surface area (Å²) in [5, 5.41) is 3.58. The van der Waals surface area contributed by atoms with Crippen molar-refractivity contribution >= 4 is 10.8 Å². The van der Waals surface area contributed by atoms with Gasteiger partial charge in [-0.1, -0.05) is 54.6 Å². The van der Waals surface area contributed by atoms with Crippen LogP contribution in [0.1, 0.15) is 18.4 Å². The van der Waals surface area contributed by atoms with Crippen molar-refractivity contribution < 1.29 is 4.21 Å². The molecule has 0 bridgehead atoms. The van der Waals surface area contributed by atoms with Crippen LogP contribution >= 0.6 is 0 Å². The van der Waals surface area contributed by atoms with E-state index in [1.165, 1.54) is 16.7 Å². The Labute approximate surface area is 129 Å². The van der Waals surface area contributed by atoms with E-state index in [1.807, 2.05) is 6.07 Å². The first-order valence-electron chi connectivity index (χ1n) is 7.54. The van der Waals surface area contributed by atoms with E-state index >= 15 is 0 Å². The molecule has 0 amide bonds. The summed E-state index contributed by atoms with van der Waals surface area (Å²) < 4.78 is 11.3. The van der Waals surface area contributed by atoms with Gasteiger partial charge in [-0.15, -0.1) is 0 Å². The first-order valence-corrected chi connectivity index (χ1v) is 9.03. The van der Waals surface area contributed by atoms with Crippen LogP contribution in [0.15, 0.2) is 54.6 Å². The van der Waals surface area contributed by atoms with Gasteiger partial charge in [-0.05, 0) is 29.5 Å². The lowest BCUT2D eigenvalue weighted by Gasteiger charge is -2.22. The van der Waals surface area contributed by atoms with Crippen LogP contribution in [0.4, 0.5) is 0 Å². The lowest BCUT2D eigenvalue weighted by Crippen LogP contribution is -2.35. The maximum absolute atomic E-state index is 11.3. The summed E-state index contributed by atoms with van der Waals surface area (Å²) in [6.07, 6.45) is 2.07. The van der Waals surface area contributed by atoms with Crippen molar-refractivity contribution in [3.8, 4) is 11.1 Å². The molecule has 2 nitrogen and oxygen atoms in total. The van der Waals surface area contributed by atoms with Gasteiger partial charge in [-0.3, -0.25) is 4.21 Å². The monoisotopic (exact) mass is 299 g/mol. The fraction of sp³-hybridized carbons (Fsp3) is 0.333. The molecule has 1 N–H and O–H groups in total. The van der Waals surface area contributed by atoms with Crippen molar-refractivity contribution in [2.75, 3.05) is 11.5 Å². The van der Waals surface area contributed by atoms with Gasteiger partial charge in [-0.25, -0.2) is 0 Å². The predicted octanol–water partition coefficient (Wildman–Crippen LogP) is 3.35. The zero-order valence-electron chi connectivity index (χ0n) is 12.1. The molecule has 0 saturated carbocycles. The van der Waals surface area contributed by atoms with E-state index in [-0.39, 0.29) is 0 Å². The van der Waals surface area contributed by atoms with Crippen molar-refractivity contribution in [3.63, 3.8) is 0 Å². The molecule has 0 atom stereocenters. The van der Waals surface area contributed by atoms with Crippen LogP contribution in [0, 0.1) is 0 Å². The number of rotatable bonds is 4. The Morgan fingerprint density at radius 2 is 1.52 bits per heavy atom. The minimum atomic E-state index is -0.573. The summed E-state index contributed by atoms with van der Waals surface area (Å²) in [6, 6.07) is 19.7. The highest BCUT2D eigenvalue weighted by Crippen LogP contribution is 2.19. The highest BCUT2D eigenvalue weighted by Gasteiger charge is 2.16. The van der Waals surface area contributed by atoms with Gasteiger partial charge in [0.1, 0.15) is 0 Å². The van der Waals surface area contributed by atoms with Crippen LogP contribution < -0.4 is 5.32 Å². The molecular formula is C18H21NOS. The first kappa shape index (κ1) is 14.5. The summed E-state index contributed by atoms with van der Waals surface area (Å²) in [4.78, 5) is 0. The Hall–Kier alpha value is -1.45. The highest BCUT2D eigenvalue weighted by molar-refractivity contribution is 7.85. The van der Waals surface area contributed by atoms with E-state index in [4.69, 9.17) is 0 Å². The van der Waals surface area contributed by atoms with Crippen LogP contribution in [0.5, 0.6) is 0 Å². The Kier molecular flexibility index (Phi) is 4.84. The summed E-state index contributed by atoms with van der Waals surface area (Å²) in [5.41, 5.74) is 3.82. The second-order valence-corrected chi connectivity index (χ2v) is 7.26. The predicted molar refractivity (Wildman–Crippen MR) is 89.6 cm³/mol. The lowest BCUT2D eigenvalue weighted by molar-refractivity contribution is 0.475. The van der Waals surface area contributed by atoms with Gasteiger partial charge in [-0.2, -0.15) is 0 Å². The second kappa shape index (κ2) is 7.01. The van der Waals surface area contributed by atoms with Gasteiger partial charge in [0.2, 0.25) is 0 Å². The van der Waals surface area contributed by atoms with Crippen LogP contribution in [-0.2, 0) is 17.3 Å². The summed E-state index contributed by atoms with van der Waals surface area (Å²) in [6.45, 7) is 0.895. The third-order valence-corrected chi connectivity index (χ3v) is 5.43. The molecule has 110 valence electrons. The maximum Gasteiger partial charge on any atom is 0.0249 e. The molecule has 1 aliphatic heterocycles. The van der Waals surface area contributed by atoms with E-state index in [9.17, 15) is 4.21 Å². The van der Waals surface area contributed by atoms with E-state index < -0.39 is 10.8 Å². The lowest BCUT2D eigenvalue weighted by atomic mass is 10.0. The fourth-order valence-electron chi connectivity index (χ4n) is 2.71. The molecule has 0 spiro atoms. The normalized spacial score (nSPS) is 22.1. The molecule has 2 aromatic rings. The quantitative estimate of drug-likeness (QED) is 0.938. The number of benzene rings is 2. The van der Waals surface area contributed by atoms with Crippen molar-refractivity contribution in [2.45, 2.75) is 25.4 Å². The molecule has 3 rings (SSSR count). The van der Waals surface area contributed by atoms with Gasteiger partial charge < -0.3 is 5.32 Å². The van der Waals surface area contributed by atoms with Gasteiger partial charge in [0.05, 0.1) is 0 Å². The van der Waals surface area contributed by atoms with Crippen LogP contribution in [0.2, 0.25) is 0 Å². The molecule has 2 aromatic carbocycles. The van der Waals surface area contributed by atoms with Gasteiger partial charge >= 0.3 is 0 Å². The molecule has 1 aliphatic rings. The molecule has 1 heterocycles. The minimum absolute atomic E-state index is 0.525. The summed E-state index contributed by atoms with van der Waals surface area (Å²) >= 11 is 0. The third-order valence-electron chi connectivity index (χ3n) is 4.04. The van der Waals surface area contributed by atoms with E-state index in [0.717, 1.165) is 30.9 Å². The standard InChI is InChI=1S/C18H21NOS/c20-21-12-10-18(11-13-21)19-14-15-6-8-17(9-7-15)16-4-2-1-3-5-16/h1-9,18-19H,10-14H2.